The van der Waals surface area contributed by atoms with Gasteiger partial charge in [-0.1, -0.05) is 26.0 Å². The normalized spacial score (nSPS) is 19.5. The summed E-state index contributed by atoms with van der Waals surface area (Å²) in [6, 6.07) is 7.82. The third kappa shape index (κ3) is 3.79. The Morgan fingerprint density at radius 3 is 2.70 bits per heavy atom. The Morgan fingerprint density at radius 1 is 1.40 bits per heavy atom. The quantitative estimate of drug-likeness (QED) is 0.897. The number of nitrogens with zero attached hydrogens (tertiary/aromatic N) is 1. The molecule has 4 heteroatoms. The highest BCUT2D eigenvalue weighted by atomic mass is 19.1. The molecule has 1 atom stereocenters. The summed E-state index contributed by atoms with van der Waals surface area (Å²) in [6.07, 6.45) is 1.83. The van der Waals surface area contributed by atoms with Gasteiger partial charge in [0.1, 0.15) is 6.67 Å². The van der Waals surface area contributed by atoms with Gasteiger partial charge in [-0.25, -0.2) is 4.39 Å². The monoisotopic (exact) mass is 278 g/mol. The van der Waals surface area contributed by atoms with E-state index in [1.807, 2.05) is 29.2 Å². The van der Waals surface area contributed by atoms with Crippen LogP contribution in [0.15, 0.2) is 24.3 Å². The van der Waals surface area contributed by atoms with Gasteiger partial charge in [0, 0.05) is 11.7 Å². The Labute approximate surface area is 120 Å². The van der Waals surface area contributed by atoms with E-state index < -0.39 is 0 Å². The molecule has 1 aromatic carbocycles. The van der Waals surface area contributed by atoms with Crippen molar-refractivity contribution < 1.29 is 9.18 Å². The molecule has 1 aromatic rings. The molecule has 1 fully saturated rings. The first kappa shape index (κ1) is 15.0. The second kappa shape index (κ2) is 6.84. The predicted octanol–water partition coefficient (Wildman–Crippen LogP) is 3.18. The third-order valence-corrected chi connectivity index (χ3v) is 3.88. The number of carbonyl (C=O) groups is 1. The Bertz CT molecular complexity index is 444. The maximum absolute atomic E-state index is 12.8. The molecule has 20 heavy (non-hydrogen) atoms. The van der Waals surface area contributed by atoms with Crippen molar-refractivity contribution >= 4 is 11.6 Å². The molecule has 0 aromatic heterocycles. The van der Waals surface area contributed by atoms with E-state index in [0.717, 1.165) is 25.1 Å². The van der Waals surface area contributed by atoms with Crippen LogP contribution < -0.4 is 5.32 Å². The van der Waals surface area contributed by atoms with E-state index in [1.54, 1.807) is 0 Å². The fourth-order valence-electron chi connectivity index (χ4n) is 2.61. The summed E-state index contributed by atoms with van der Waals surface area (Å²) in [5.74, 6) is 0.414. The van der Waals surface area contributed by atoms with Crippen molar-refractivity contribution in [3.63, 3.8) is 0 Å². The molecule has 1 N–H and O–H groups in total. The molecular weight excluding hydrogens is 255 g/mol. The molecule has 0 saturated carbocycles. The van der Waals surface area contributed by atoms with Crippen LogP contribution in [0.2, 0.25) is 0 Å². The van der Waals surface area contributed by atoms with Crippen LogP contribution in [-0.4, -0.2) is 36.6 Å². The molecule has 110 valence electrons. The summed E-state index contributed by atoms with van der Waals surface area (Å²) in [5.41, 5.74) is 2.05. The number of likely N-dealkylation sites (tertiary alicyclic amines) is 1. The summed E-state index contributed by atoms with van der Waals surface area (Å²) in [6.45, 7) is 5.00. The van der Waals surface area contributed by atoms with Gasteiger partial charge in [0.25, 0.3) is 0 Å². The number of hydrogen-bond acceptors (Lipinski definition) is 2. The smallest absolute Gasteiger partial charge is 0.238 e. The minimum absolute atomic E-state index is 0.0670. The number of rotatable bonds is 5. The van der Waals surface area contributed by atoms with Gasteiger partial charge in [0.2, 0.25) is 5.91 Å². The average molecular weight is 278 g/mol. The SMILES string of the molecule is CC(C)c1ccc(NC(=O)CN2CCCC2CF)cc1. The topological polar surface area (TPSA) is 32.3 Å². The lowest BCUT2D eigenvalue weighted by Gasteiger charge is -2.21. The van der Waals surface area contributed by atoms with Gasteiger partial charge in [-0.15, -0.1) is 0 Å². The van der Waals surface area contributed by atoms with Crippen molar-refractivity contribution in [2.24, 2.45) is 0 Å². The minimum Gasteiger partial charge on any atom is -0.325 e. The maximum atomic E-state index is 12.8. The van der Waals surface area contributed by atoms with Crippen LogP contribution in [0.25, 0.3) is 0 Å². The second-order valence-corrected chi connectivity index (χ2v) is 5.75. The molecule has 1 unspecified atom stereocenters. The first-order chi connectivity index (χ1) is 9.60. The number of benzene rings is 1. The van der Waals surface area contributed by atoms with Gasteiger partial charge >= 0.3 is 0 Å². The molecule has 0 bridgehead atoms. The van der Waals surface area contributed by atoms with E-state index in [4.69, 9.17) is 0 Å². The fourth-order valence-corrected chi connectivity index (χ4v) is 2.61. The van der Waals surface area contributed by atoms with Gasteiger partial charge in [-0.05, 0) is 43.0 Å². The number of anilines is 1. The number of hydrogen-bond donors (Lipinski definition) is 1. The van der Waals surface area contributed by atoms with Crippen molar-refractivity contribution in [2.75, 3.05) is 25.1 Å². The van der Waals surface area contributed by atoms with Crippen LogP contribution >= 0.6 is 0 Å². The van der Waals surface area contributed by atoms with E-state index in [9.17, 15) is 9.18 Å². The third-order valence-electron chi connectivity index (χ3n) is 3.88. The highest BCUT2D eigenvalue weighted by Crippen LogP contribution is 2.19. The molecular formula is C16H23FN2O. The van der Waals surface area contributed by atoms with E-state index in [-0.39, 0.29) is 25.2 Å². The Balaban J connectivity index is 1.88. The van der Waals surface area contributed by atoms with Crippen molar-refractivity contribution in [2.45, 2.75) is 38.6 Å². The number of alkyl halides is 1. The van der Waals surface area contributed by atoms with Gasteiger partial charge in [0.05, 0.1) is 6.54 Å². The zero-order valence-electron chi connectivity index (χ0n) is 12.2. The Hall–Kier alpha value is -1.42. The lowest BCUT2D eigenvalue weighted by Crippen LogP contribution is -2.37. The summed E-state index contributed by atoms with van der Waals surface area (Å²) < 4.78 is 12.8. The van der Waals surface area contributed by atoms with Crippen LogP contribution in [0.4, 0.5) is 10.1 Å². The molecule has 1 aliphatic rings. The van der Waals surface area contributed by atoms with Crippen molar-refractivity contribution in [3.05, 3.63) is 29.8 Å². The van der Waals surface area contributed by atoms with E-state index in [2.05, 4.69) is 19.2 Å². The second-order valence-electron chi connectivity index (χ2n) is 5.75. The zero-order chi connectivity index (χ0) is 14.5. The van der Waals surface area contributed by atoms with Gasteiger partial charge in [-0.2, -0.15) is 0 Å². The lowest BCUT2D eigenvalue weighted by molar-refractivity contribution is -0.117. The molecule has 1 heterocycles. The number of carbonyl (C=O) groups excluding carboxylic acids is 1. The molecule has 0 spiro atoms. The Kier molecular flexibility index (Phi) is 5.12. The molecule has 3 nitrogen and oxygen atoms in total. The lowest BCUT2D eigenvalue weighted by atomic mass is 10.0. The number of amides is 1. The van der Waals surface area contributed by atoms with Gasteiger partial charge in [0.15, 0.2) is 0 Å². The summed E-state index contributed by atoms with van der Waals surface area (Å²) in [4.78, 5) is 13.9. The van der Waals surface area contributed by atoms with Crippen molar-refractivity contribution in [3.8, 4) is 0 Å². The summed E-state index contributed by atoms with van der Waals surface area (Å²) in [5, 5.41) is 2.88. The van der Waals surface area contributed by atoms with Gasteiger partial charge in [-0.3, -0.25) is 9.69 Å². The van der Waals surface area contributed by atoms with E-state index >= 15 is 0 Å². The van der Waals surface area contributed by atoms with Crippen LogP contribution in [0.5, 0.6) is 0 Å². The van der Waals surface area contributed by atoms with Crippen molar-refractivity contribution in [1.82, 2.24) is 4.90 Å². The first-order valence-corrected chi connectivity index (χ1v) is 7.30. The molecule has 1 aliphatic heterocycles. The average Bonchev–Trinajstić information content (AvgIpc) is 2.86. The zero-order valence-corrected chi connectivity index (χ0v) is 12.2. The standard InChI is InChI=1S/C16H23FN2O/c1-12(2)13-5-7-14(8-6-13)18-16(20)11-19-9-3-4-15(19)10-17/h5-8,12,15H,3-4,9-11H2,1-2H3,(H,18,20). The Morgan fingerprint density at radius 2 is 2.10 bits per heavy atom. The summed E-state index contributed by atoms with van der Waals surface area (Å²) in [7, 11) is 0. The number of nitrogens with one attached hydrogen (secondary N) is 1. The first-order valence-electron chi connectivity index (χ1n) is 7.30. The molecule has 1 amide bonds. The summed E-state index contributed by atoms with van der Waals surface area (Å²) >= 11 is 0. The predicted molar refractivity (Wildman–Crippen MR) is 79.7 cm³/mol. The highest BCUT2D eigenvalue weighted by molar-refractivity contribution is 5.92. The maximum Gasteiger partial charge on any atom is 0.238 e. The van der Waals surface area contributed by atoms with Crippen LogP contribution in [0.1, 0.15) is 38.2 Å². The highest BCUT2D eigenvalue weighted by Gasteiger charge is 2.25. The molecule has 0 aliphatic carbocycles. The minimum atomic E-state index is -0.365. The molecule has 1 saturated heterocycles. The van der Waals surface area contributed by atoms with Crippen LogP contribution in [-0.2, 0) is 4.79 Å². The molecule has 0 radical (unpaired) electrons. The molecule has 2 rings (SSSR count). The van der Waals surface area contributed by atoms with Gasteiger partial charge < -0.3 is 5.32 Å². The van der Waals surface area contributed by atoms with Crippen LogP contribution in [0, 0.1) is 0 Å². The van der Waals surface area contributed by atoms with Crippen molar-refractivity contribution in [1.29, 1.82) is 0 Å². The fraction of sp³-hybridized carbons (Fsp3) is 0.562. The van der Waals surface area contributed by atoms with E-state index in [1.165, 1.54) is 5.56 Å². The van der Waals surface area contributed by atoms with Crippen LogP contribution in [0.3, 0.4) is 0 Å². The number of halogens is 1. The largest absolute Gasteiger partial charge is 0.325 e. The van der Waals surface area contributed by atoms with E-state index in [0.29, 0.717) is 5.92 Å².